The first kappa shape index (κ1) is 23.5. The van der Waals surface area contributed by atoms with E-state index in [0.29, 0.717) is 11.3 Å². The van der Waals surface area contributed by atoms with Gasteiger partial charge in [-0.05, 0) is 87.0 Å². The molecule has 0 spiro atoms. The number of para-hydroxylation sites is 1. The van der Waals surface area contributed by atoms with Crippen LogP contribution in [-0.2, 0) is 6.42 Å². The van der Waals surface area contributed by atoms with Crippen LogP contribution in [0.5, 0.6) is 0 Å². The van der Waals surface area contributed by atoms with Crippen molar-refractivity contribution in [3.05, 3.63) is 71.5 Å². The molecule has 0 radical (unpaired) electrons. The van der Waals surface area contributed by atoms with Gasteiger partial charge in [0.2, 0.25) is 0 Å². The Balaban J connectivity index is 1.30. The molecule has 3 nitrogen and oxygen atoms in total. The first-order valence-corrected chi connectivity index (χ1v) is 13.4. The summed E-state index contributed by atoms with van der Waals surface area (Å²) in [6.07, 6.45) is 15.8. The molecule has 0 bridgehead atoms. The molecule has 1 saturated carbocycles. The Kier molecular flexibility index (Phi) is 6.50. The summed E-state index contributed by atoms with van der Waals surface area (Å²) in [5.41, 5.74) is 8.60. The molecule has 4 aliphatic rings. The minimum Gasteiger partial charge on any atom is -0.389 e. The van der Waals surface area contributed by atoms with Crippen LogP contribution in [0.25, 0.3) is 5.57 Å². The summed E-state index contributed by atoms with van der Waals surface area (Å²) >= 11 is 0. The normalized spacial score (nSPS) is 29.7. The van der Waals surface area contributed by atoms with E-state index < -0.39 is 0 Å². The number of hydrogen-bond donors (Lipinski definition) is 1. The van der Waals surface area contributed by atoms with Gasteiger partial charge in [0.05, 0.1) is 0 Å². The van der Waals surface area contributed by atoms with E-state index in [1.54, 1.807) is 5.57 Å². The Labute approximate surface area is 207 Å². The number of allylic oxidation sites excluding steroid dienone is 5. The van der Waals surface area contributed by atoms with E-state index in [1.165, 1.54) is 61.2 Å². The third kappa shape index (κ3) is 4.64. The fourth-order valence-electron chi connectivity index (χ4n) is 6.76. The fraction of sp³-hybridized carbons (Fsp3) is 0.548. The summed E-state index contributed by atoms with van der Waals surface area (Å²) in [6, 6.07) is 7.78. The van der Waals surface area contributed by atoms with Gasteiger partial charge in [-0.15, -0.1) is 0 Å². The molecule has 2 aliphatic carbocycles. The van der Waals surface area contributed by atoms with Crippen molar-refractivity contribution in [3.8, 4) is 0 Å². The molecular formula is C31H43N3. The van der Waals surface area contributed by atoms with Crippen LogP contribution in [0.15, 0.2) is 60.4 Å². The maximum absolute atomic E-state index is 3.99. The standard InChI is InChI=1S/C31H43N3/c1-22(8-6-9-24(3)32-5)29-11-7-10-25-14-16-34(30(25)29)20-26-19-31(4,18-23(26)2)27-15-17-33(21-27)28-12-13-28/h6-11,18,26-28,32H,3,12-17,19-21H2,1-2,4-5H3/b9-6-,22-8+. The highest BCUT2D eigenvalue weighted by atomic mass is 15.2. The van der Waals surface area contributed by atoms with Crippen molar-refractivity contribution in [1.29, 1.82) is 0 Å². The maximum Gasteiger partial charge on any atom is 0.0476 e. The van der Waals surface area contributed by atoms with E-state index in [1.807, 2.05) is 13.1 Å². The maximum atomic E-state index is 3.99. The quantitative estimate of drug-likeness (QED) is 0.370. The Morgan fingerprint density at radius 2 is 2.06 bits per heavy atom. The van der Waals surface area contributed by atoms with Crippen LogP contribution in [0.1, 0.15) is 57.6 Å². The Hall–Kier alpha value is -2.26. The van der Waals surface area contributed by atoms with Crippen LogP contribution in [-0.4, -0.2) is 44.2 Å². The van der Waals surface area contributed by atoms with Gasteiger partial charge < -0.3 is 15.1 Å². The molecule has 1 aromatic carbocycles. The second-order valence-corrected chi connectivity index (χ2v) is 11.5. The molecule has 2 aliphatic heterocycles. The van der Waals surface area contributed by atoms with Crippen molar-refractivity contribution < 1.29 is 0 Å². The summed E-state index contributed by atoms with van der Waals surface area (Å²) in [7, 11) is 1.91. The molecule has 1 aromatic rings. The van der Waals surface area contributed by atoms with Gasteiger partial charge in [0.25, 0.3) is 0 Å². The number of hydrogen-bond acceptors (Lipinski definition) is 3. The molecule has 3 heteroatoms. The zero-order valence-electron chi connectivity index (χ0n) is 21.7. The zero-order chi connectivity index (χ0) is 23.9. The van der Waals surface area contributed by atoms with Gasteiger partial charge >= 0.3 is 0 Å². The number of likely N-dealkylation sites (N-methyl/N-ethyl adjacent to an activating group) is 1. The molecule has 182 valence electrons. The SMILES string of the molecule is C=C(/C=C\C=C(/C)c1cccc2c1N(CC1CC(C)(C3CCN(C4CC4)C3)C=C1C)CC2)NC. The molecule has 0 amide bonds. The van der Waals surface area contributed by atoms with Crippen LogP contribution in [0.4, 0.5) is 5.69 Å². The average Bonchev–Trinajstić information content (AvgIpc) is 3.27. The lowest BCUT2D eigenvalue weighted by atomic mass is 9.75. The summed E-state index contributed by atoms with van der Waals surface area (Å²) < 4.78 is 0. The largest absolute Gasteiger partial charge is 0.389 e. The highest BCUT2D eigenvalue weighted by Gasteiger charge is 2.45. The van der Waals surface area contributed by atoms with Crippen molar-refractivity contribution in [2.75, 3.05) is 38.1 Å². The number of anilines is 1. The van der Waals surface area contributed by atoms with Crippen molar-refractivity contribution in [1.82, 2.24) is 10.2 Å². The fourth-order valence-corrected chi connectivity index (χ4v) is 6.76. The number of likely N-dealkylation sites (tertiary alicyclic amines) is 1. The summed E-state index contributed by atoms with van der Waals surface area (Å²) in [6.45, 7) is 16.1. The first-order chi connectivity index (χ1) is 16.4. The third-order valence-corrected chi connectivity index (χ3v) is 9.02. The van der Waals surface area contributed by atoms with E-state index in [4.69, 9.17) is 0 Å². The molecule has 1 saturated heterocycles. The molecule has 3 unspecified atom stereocenters. The van der Waals surface area contributed by atoms with Gasteiger partial charge in [-0.2, -0.15) is 0 Å². The van der Waals surface area contributed by atoms with Crippen molar-refractivity contribution in [2.24, 2.45) is 17.3 Å². The van der Waals surface area contributed by atoms with Crippen molar-refractivity contribution >= 4 is 11.3 Å². The molecule has 3 atom stereocenters. The predicted octanol–water partition coefficient (Wildman–Crippen LogP) is 6.20. The Bertz CT molecular complexity index is 1030. The third-order valence-electron chi connectivity index (χ3n) is 9.02. The molecular weight excluding hydrogens is 414 g/mol. The van der Waals surface area contributed by atoms with Crippen LogP contribution >= 0.6 is 0 Å². The zero-order valence-corrected chi connectivity index (χ0v) is 21.7. The average molecular weight is 458 g/mol. The molecule has 1 N–H and O–H groups in total. The smallest absolute Gasteiger partial charge is 0.0476 e. The van der Waals surface area contributed by atoms with Gasteiger partial charge in [0, 0.05) is 49.7 Å². The Morgan fingerprint density at radius 1 is 1.24 bits per heavy atom. The number of fused-ring (bicyclic) bond motifs is 1. The lowest BCUT2D eigenvalue weighted by Gasteiger charge is -2.32. The van der Waals surface area contributed by atoms with E-state index in [0.717, 1.165) is 37.2 Å². The van der Waals surface area contributed by atoms with Gasteiger partial charge in [0.1, 0.15) is 0 Å². The van der Waals surface area contributed by atoms with E-state index >= 15 is 0 Å². The molecule has 5 rings (SSSR count). The summed E-state index contributed by atoms with van der Waals surface area (Å²) in [5, 5.41) is 3.08. The van der Waals surface area contributed by atoms with E-state index in [-0.39, 0.29) is 0 Å². The number of nitrogens with one attached hydrogen (secondary N) is 1. The van der Waals surface area contributed by atoms with Gasteiger partial charge in [-0.1, -0.05) is 55.5 Å². The van der Waals surface area contributed by atoms with E-state index in [2.05, 4.69) is 78.9 Å². The molecule has 2 heterocycles. The van der Waals surface area contributed by atoms with Crippen molar-refractivity contribution in [3.63, 3.8) is 0 Å². The molecule has 0 aromatic heterocycles. The lowest BCUT2D eigenvalue weighted by Crippen LogP contribution is -2.32. The lowest BCUT2D eigenvalue weighted by molar-refractivity contribution is 0.219. The minimum absolute atomic E-state index is 0.372. The summed E-state index contributed by atoms with van der Waals surface area (Å²) in [5.74, 6) is 1.50. The van der Waals surface area contributed by atoms with Gasteiger partial charge in [-0.25, -0.2) is 0 Å². The van der Waals surface area contributed by atoms with Gasteiger partial charge in [-0.3, -0.25) is 0 Å². The van der Waals surface area contributed by atoms with Crippen LogP contribution in [0.3, 0.4) is 0 Å². The summed E-state index contributed by atoms with van der Waals surface area (Å²) in [4.78, 5) is 5.47. The highest BCUT2D eigenvalue weighted by molar-refractivity contribution is 5.80. The predicted molar refractivity (Wildman–Crippen MR) is 146 cm³/mol. The number of rotatable bonds is 8. The molecule has 34 heavy (non-hydrogen) atoms. The molecule has 2 fully saturated rings. The minimum atomic E-state index is 0.372. The van der Waals surface area contributed by atoms with Crippen LogP contribution < -0.4 is 10.2 Å². The topological polar surface area (TPSA) is 18.5 Å². The number of nitrogens with zero attached hydrogens (tertiary/aromatic N) is 2. The highest BCUT2D eigenvalue weighted by Crippen LogP contribution is 2.50. The van der Waals surface area contributed by atoms with Crippen LogP contribution in [0, 0.1) is 17.3 Å². The van der Waals surface area contributed by atoms with Crippen molar-refractivity contribution in [2.45, 2.75) is 58.9 Å². The van der Waals surface area contributed by atoms with Gasteiger partial charge in [0.15, 0.2) is 0 Å². The second kappa shape index (κ2) is 9.41. The number of benzene rings is 1. The van der Waals surface area contributed by atoms with Crippen LogP contribution in [0.2, 0.25) is 0 Å². The first-order valence-electron chi connectivity index (χ1n) is 13.4. The monoisotopic (exact) mass is 457 g/mol. The van der Waals surface area contributed by atoms with E-state index in [9.17, 15) is 0 Å². The second-order valence-electron chi connectivity index (χ2n) is 11.5. The Morgan fingerprint density at radius 3 is 2.82 bits per heavy atom.